The monoisotopic (exact) mass is 488 g/mol. The van der Waals surface area contributed by atoms with Crippen LogP contribution in [0.25, 0.3) is 11.1 Å². The predicted molar refractivity (Wildman–Crippen MR) is 143 cm³/mol. The molecule has 5 heteroatoms. The lowest BCUT2D eigenvalue weighted by atomic mass is 9.88. The quantitative estimate of drug-likeness (QED) is 0.409. The summed E-state index contributed by atoms with van der Waals surface area (Å²) in [5.41, 5.74) is 3.70. The molecule has 0 radical (unpaired) electrons. The molecule has 182 valence electrons. The zero-order chi connectivity index (χ0) is 24.8. The van der Waals surface area contributed by atoms with Gasteiger partial charge in [0.05, 0.1) is 0 Å². The van der Waals surface area contributed by atoms with Crippen LogP contribution in [0.5, 0.6) is 0 Å². The summed E-state index contributed by atoms with van der Waals surface area (Å²) in [6.07, 6.45) is 2.62. The highest BCUT2D eigenvalue weighted by atomic mass is 35.5. The molecule has 0 spiro atoms. The number of nitrogens with zero attached hydrogens (tertiary/aromatic N) is 1. The van der Waals surface area contributed by atoms with Crippen molar-refractivity contribution in [1.29, 1.82) is 0 Å². The van der Waals surface area contributed by atoms with E-state index in [1.165, 1.54) is 5.56 Å². The number of hydrogen-bond donors (Lipinski definition) is 1. The second-order valence-electron chi connectivity index (χ2n) is 9.40. The average molecular weight is 489 g/mol. The van der Waals surface area contributed by atoms with Crippen LogP contribution in [0.1, 0.15) is 54.9 Å². The van der Waals surface area contributed by atoms with Crippen molar-refractivity contribution in [2.45, 2.75) is 45.1 Å². The third-order valence-corrected chi connectivity index (χ3v) is 7.42. The van der Waals surface area contributed by atoms with Crippen LogP contribution in [-0.2, 0) is 4.79 Å². The van der Waals surface area contributed by atoms with Crippen molar-refractivity contribution in [3.05, 3.63) is 95.0 Å². The normalized spacial score (nSPS) is 15.9. The van der Waals surface area contributed by atoms with Crippen molar-refractivity contribution < 1.29 is 9.59 Å². The van der Waals surface area contributed by atoms with Gasteiger partial charge in [0.2, 0.25) is 5.91 Å². The molecule has 0 bridgehead atoms. The van der Waals surface area contributed by atoms with Crippen LogP contribution in [0.2, 0.25) is 5.02 Å². The third-order valence-electron chi connectivity index (χ3n) is 7.17. The maximum Gasteiger partial charge on any atom is 0.252 e. The fraction of sp³-hybridized carbons (Fsp3) is 0.333. The minimum atomic E-state index is -0.552. The summed E-state index contributed by atoms with van der Waals surface area (Å²) in [6, 6.07) is 24.9. The number of likely N-dealkylation sites (tertiary alicyclic amines) is 1. The van der Waals surface area contributed by atoms with Gasteiger partial charge in [-0.2, -0.15) is 0 Å². The Balaban J connectivity index is 1.47. The fourth-order valence-electron chi connectivity index (χ4n) is 4.82. The first kappa shape index (κ1) is 25.0. The van der Waals surface area contributed by atoms with Gasteiger partial charge in [0.1, 0.15) is 6.04 Å². The van der Waals surface area contributed by atoms with Gasteiger partial charge in [0.15, 0.2) is 0 Å². The molecule has 1 fully saturated rings. The summed E-state index contributed by atoms with van der Waals surface area (Å²) < 4.78 is 0. The number of piperidine rings is 1. The van der Waals surface area contributed by atoms with E-state index in [0.717, 1.165) is 35.4 Å². The molecule has 3 aromatic carbocycles. The van der Waals surface area contributed by atoms with Crippen molar-refractivity contribution in [1.82, 2.24) is 10.2 Å². The summed E-state index contributed by atoms with van der Waals surface area (Å²) in [6.45, 7) is 5.47. The summed E-state index contributed by atoms with van der Waals surface area (Å²) in [5.74, 6) is 0.258. The second kappa shape index (κ2) is 11.5. The lowest BCUT2D eigenvalue weighted by Gasteiger charge is -2.36. The van der Waals surface area contributed by atoms with Gasteiger partial charge < -0.3 is 10.2 Å². The summed E-state index contributed by atoms with van der Waals surface area (Å²) in [4.78, 5) is 29.0. The van der Waals surface area contributed by atoms with E-state index >= 15 is 0 Å². The minimum Gasteiger partial charge on any atom is -0.341 e. The Morgan fingerprint density at radius 1 is 0.943 bits per heavy atom. The summed E-state index contributed by atoms with van der Waals surface area (Å²) in [5, 5.41) is 3.83. The van der Waals surface area contributed by atoms with Gasteiger partial charge in [-0.25, -0.2) is 0 Å². The number of rotatable bonds is 7. The molecule has 2 amide bonds. The average Bonchev–Trinajstić information content (AvgIpc) is 2.92. The van der Waals surface area contributed by atoms with Crippen LogP contribution in [0.4, 0.5) is 0 Å². The molecule has 3 aromatic rings. The van der Waals surface area contributed by atoms with Gasteiger partial charge in [0, 0.05) is 23.7 Å². The Kier molecular flexibility index (Phi) is 8.25. The first-order chi connectivity index (χ1) is 17.0. The molecule has 1 aliphatic rings. The van der Waals surface area contributed by atoms with E-state index in [2.05, 4.69) is 24.4 Å². The van der Waals surface area contributed by atoms with Gasteiger partial charge in [0.25, 0.3) is 5.91 Å². The van der Waals surface area contributed by atoms with Gasteiger partial charge in [-0.1, -0.05) is 92.5 Å². The Morgan fingerprint density at radius 3 is 2.23 bits per heavy atom. The van der Waals surface area contributed by atoms with E-state index in [9.17, 15) is 9.59 Å². The molecule has 1 heterocycles. The largest absolute Gasteiger partial charge is 0.341 e. The van der Waals surface area contributed by atoms with E-state index in [-0.39, 0.29) is 17.7 Å². The van der Waals surface area contributed by atoms with Crippen LogP contribution in [-0.4, -0.2) is 35.8 Å². The van der Waals surface area contributed by atoms with E-state index < -0.39 is 6.04 Å². The Labute approximate surface area is 213 Å². The van der Waals surface area contributed by atoms with E-state index in [1.807, 2.05) is 78.6 Å². The highest BCUT2D eigenvalue weighted by Crippen LogP contribution is 2.30. The van der Waals surface area contributed by atoms with Gasteiger partial charge in [-0.05, 0) is 59.6 Å². The first-order valence-electron chi connectivity index (χ1n) is 12.5. The Bertz CT molecular complexity index is 1140. The number of amides is 2. The molecule has 0 aliphatic carbocycles. The standard InChI is InChI=1S/C30H33ClN2O2/c1-3-21(2)28(30(35)33-19-17-23(18-20-33)22-13-15-25(31)16-14-22)32-29(34)27-12-8-7-11-26(27)24-9-5-4-6-10-24/h4-16,21,23,28H,3,17-20H2,1-2H3,(H,32,34)/t21?,28-/m1/s1. The van der Waals surface area contributed by atoms with Crippen LogP contribution in [0.15, 0.2) is 78.9 Å². The lowest BCUT2D eigenvalue weighted by Crippen LogP contribution is -2.53. The summed E-state index contributed by atoms with van der Waals surface area (Å²) >= 11 is 6.04. The van der Waals surface area contributed by atoms with Crippen LogP contribution >= 0.6 is 11.6 Å². The van der Waals surface area contributed by atoms with Crippen molar-refractivity contribution in [3.63, 3.8) is 0 Å². The van der Waals surface area contributed by atoms with E-state index in [1.54, 1.807) is 0 Å². The summed E-state index contributed by atoms with van der Waals surface area (Å²) in [7, 11) is 0. The molecule has 2 atom stereocenters. The smallest absolute Gasteiger partial charge is 0.252 e. The van der Waals surface area contributed by atoms with Crippen molar-refractivity contribution in [3.8, 4) is 11.1 Å². The van der Waals surface area contributed by atoms with Crippen LogP contribution < -0.4 is 5.32 Å². The van der Waals surface area contributed by atoms with Crippen molar-refractivity contribution in [2.75, 3.05) is 13.1 Å². The molecular weight excluding hydrogens is 456 g/mol. The topological polar surface area (TPSA) is 49.4 Å². The second-order valence-corrected chi connectivity index (χ2v) is 9.84. The number of carbonyl (C=O) groups excluding carboxylic acids is 2. The fourth-order valence-corrected chi connectivity index (χ4v) is 4.94. The van der Waals surface area contributed by atoms with Crippen molar-refractivity contribution in [2.24, 2.45) is 5.92 Å². The minimum absolute atomic E-state index is 0.0134. The Morgan fingerprint density at radius 2 is 1.57 bits per heavy atom. The highest BCUT2D eigenvalue weighted by Gasteiger charge is 2.33. The molecule has 35 heavy (non-hydrogen) atoms. The van der Waals surface area contributed by atoms with Crippen LogP contribution in [0, 0.1) is 5.92 Å². The number of carbonyl (C=O) groups is 2. The first-order valence-corrected chi connectivity index (χ1v) is 12.8. The van der Waals surface area contributed by atoms with E-state index in [0.29, 0.717) is 24.6 Å². The van der Waals surface area contributed by atoms with Gasteiger partial charge in [-0.3, -0.25) is 9.59 Å². The molecule has 0 aromatic heterocycles. The van der Waals surface area contributed by atoms with Crippen molar-refractivity contribution >= 4 is 23.4 Å². The van der Waals surface area contributed by atoms with Gasteiger partial charge in [-0.15, -0.1) is 0 Å². The maximum atomic E-state index is 13.6. The molecule has 1 saturated heterocycles. The zero-order valence-corrected chi connectivity index (χ0v) is 21.2. The lowest BCUT2D eigenvalue weighted by molar-refractivity contribution is -0.135. The molecule has 1 aliphatic heterocycles. The Hall–Kier alpha value is -3.11. The number of benzene rings is 3. The maximum absolute atomic E-state index is 13.6. The number of nitrogens with one attached hydrogen (secondary N) is 1. The number of hydrogen-bond acceptors (Lipinski definition) is 2. The molecule has 4 nitrogen and oxygen atoms in total. The zero-order valence-electron chi connectivity index (χ0n) is 20.4. The predicted octanol–water partition coefficient (Wildman–Crippen LogP) is 6.56. The molecule has 0 saturated carbocycles. The van der Waals surface area contributed by atoms with Gasteiger partial charge >= 0.3 is 0 Å². The molecule has 4 rings (SSSR count). The van der Waals surface area contributed by atoms with E-state index in [4.69, 9.17) is 11.6 Å². The third kappa shape index (κ3) is 5.94. The molecule has 1 unspecified atom stereocenters. The molecule has 1 N–H and O–H groups in total. The van der Waals surface area contributed by atoms with Crippen LogP contribution in [0.3, 0.4) is 0 Å². The SMILES string of the molecule is CCC(C)[C@@H](NC(=O)c1ccccc1-c1ccccc1)C(=O)N1CCC(c2ccc(Cl)cc2)CC1. The number of halogens is 1. The molecular formula is C30H33ClN2O2. The highest BCUT2D eigenvalue weighted by molar-refractivity contribution is 6.30.